The zero-order valence-corrected chi connectivity index (χ0v) is 11.3. The Bertz CT molecular complexity index is 506. The molecule has 1 aromatic carbocycles. The summed E-state index contributed by atoms with van der Waals surface area (Å²) in [5, 5.41) is 11.3. The van der Waals surface area contributed by atoms with E-state index in [1.165, 1.54) is 0 Å². The van der Waals surface area contributed by atoms with Crippen molar-refractivity contribution >= 4 is 5.97 Å². The van der Waals surface area contributed by atoms with Gasteiger partial charge in [-0.3, -0.25) is 10.1 Å². The monoisotopic (exact) mass is 263 g/mol. The molecule has 5 heteroatoms. The van der Waals surface area contributed by atoms with Crippen molar-refractivity contribution in [1.82, 2.24) is 0 Å². The molecular formula is C14H17NO4. The third-order valence-corrected chi connectivity index (χ3v) is 3.21. The van der Waals surface area contributed by atoms with E-state index in [-0.39, 0.29) is 6.42 Å². The number of carbonyl (C=O) groups excluding carboxylic acids is 1. The van der Waals surface area contributed by atoms with Crippen molar-refractivity contribution in [3.63, 3.8) is 0 Å². The van der Waals surface area contributed by atoms with E-state index in [4.69, 9.17) is 4.74 Å². The Morgan fingerprint density at radius 2 is 1.95 bits per heavy atom. The molecule has 2 rings (SSSR count). The van der Waals surface area contributed by atoms with Gasteiger partial charge in [-0.25, -0.2) is 4.79 Å². The van der Waals surface area contributed by atoms with Crippen LogP contribution < -0.4 is 0 Å². The van der Waals surface area contributed by atoms with Gasteiger partial charge in [-0.1, -0.05) is 30.3 Å². The van der Waals surface area contributed by atoms with E-state index in [0.717, 1.165) is 5.56 Å². The van der Waals surface area contributed by atoms with Crippen LogP contribution in [0.25, 0.3) is 0 Å². The fourth-order valence-corrected chi connectivity index (χ4v) is 2.20. The summed E-state index contributed by atoms with van der Waals surface area (Å²) in [6, 6.07) is 9.08. The molecule has 5 nitrogen and oxygen atoms in total. The SMILES string of the molecule is CC(C)(C)OC(=O)[C@@]1([N+](=O)[O-])C[C@H]1c1ccccc1. The van der Waals surface area contributed by atoms with Crippen LogP contribution in [0.1, 0.15) is 38.7 Å². The van der Waals surface area contributed by atoms with Crippen LogP contribution in [0, 0.1) is 10.1 Å². The zero-order valence-electron chi connectivity index (χ0n) is 11.3. The first-order valence-electron chi connectivity index (χ1n) is 6.20. The van der Waals surface area contributed by atoms with E-state index >= 15 is 0 Å². The van der Waals surface area contributed by atoms with Crippen LogP contribution in [0.2, 0.25) is 0 Å². The average Bonchev–Trinajstić information content (AvgIpc) is 3.04. The molecule has 1 fully saturated rings. The van der Waals surface area contributed by atoms with Gasteiger partial charge < -0.3 is 4.74 Å². The molecule has 1 saturated carbocycles. The van der Waals surface area contributed by atoms with Crippen LogP contribution in [0.15, 0.2) is 30.3 Å². The maximum Gasteiger partial charge on any atom is 0.386 e. The van der Waals surface area contributed by atoms with Crippen molar-refractivity contribution in [2.75, 3.05) is 0 Å². The molecule has 0 unspecified atom stereocenters. The van der Waals surface area contributed by atoms with Crippen molar-refractivity contribution in [2.24, 2.45) is 0 Å². The Labute approximate surface area is 111 Å². The Morgan fingerprint density at radius 1 is 1.37 bits per heavy atom. The number of rotatable bonds is 3. The molecule has 0 aliphatic heterocycles. The predicted molar refractivity (Wildman–Crippen MR) is 69.4 cm³/mol. The Hall–Kier alpha value is -1.91. The maximum atomic E-state index is 12.1. The molecule has 1 aliphatic carbocycles. The molecule has 0 radical (unpaired) electrons. The molecule has 102 valence electrons. The minimum absolute atomic E-state index is 0.207. The molecule has 0 bridgehead atoms. The first-order valence-corrected chi connectivity index (χ1v) is 6.20. The molecule has 0 spiro atoms. The van der Waals surface area contributed by atoms with E-state index in [2.05, 4.69) is 0 Å². The lowest BCUT2D eigenvalue weighted by molar-refractivity contribution is -0.527. The van der Waals surface area contributed by atoms with E-state index in [9.17, 15) is 14.9 Å². The summed E-state index contributed by atoms with van der Waals surface area (Å²) in [6.07, 6.45) is 0.207. The van der Waals surface area contributed by atoms with Crippen molar-refractivity contribution in [2.45, 2.75) is 44.2 Å². The maximum absolute atomic E-state index is 12.1. The normalized spacial score (nSPS) is 25.7. The molecule has 1 aliphatic rings. The number of benzene rings is 1. The third-order valence-electron chi connectivity index (χ3n) is 3.21. The standard InChI is InChI=1S/C14H17NO4/c1-13(2,3)19-12(16)14(15(17)18)9-11(14)10-7-5-4-6-8-10/h4-8,11H,9H2,1-3H3/t11-,14+/m0/s1. The number of carbonyl (C=O) groups is 1. The van der Waals surface area contributed by atoms with Gasteiger partial charge in [0.05, 0.1) is 5.92 Å². The zero-order chi connectivity index (χ0) is 14.3. The molecule has 0 heterocycles. The van der Waals surface area contributed by atoms with Gasteiger partial charge >= 0.3 is 11.5 Å². The number of hydrogen-bond donors (Lipinski definition) is 0. The first-order chi connectivity index (χ1) is 8.77. The largest absolute Gasteiger partial charge is 0.455 e. The van der Waals surface area contributed by atoms with Gasteiger partial charge in [0, 0.05) is 11.3 Å². The highest BCUT2D eigenvalue weighted by Crippen LogP contribution is 2.54. The topological polar surface area (TPSA) is 69.4 Å². The van der Waals surface area contributed by atoms with Gasteiger partial charge in [-0.05, 0) is 26.3 Å². The number of ether oxygens (including phenoxy) is 1. The average molecular weight is 263 g/mol. The lowest BCUT2D eigenvalue weighted by atomic mass is 10.1. The van der Waals surface area contributed by atoms with E-state index in [1.807, 2.05) is 18.2 Å². The lowest BCUT2D eigenvalue weighted by Crippen LogP contribution is -2.39. The minimum atomic E-state index is -1.60. The van der Waals surface area contributed by atoms with Crippen LogP contribution in [0.5, 0.6) is 0 Å². The smallest absolute Gasteiger partial charge is 0.386 e. The highest BCUT2D eigenvalue weighted by atomic mass is 16.6. The lowest BCUT2D eigenvalue weighted by Gasteiger charge is -2.21. The number of nitrogens with zero attached hydrogens (tertiary/aromatic N) is 1. The molecule has 2 atom stereocenters. The quantitative estimate of drug-likeness (QED) is 0.477. The fraction of sp³-hybridized carbons (Fsp3) is 0.500. The minimum Gasteiger partial charge on any atom is -0.455 e. The third kappa shape index (κ3) is 2.45. The molecule has 0 N–H and O–H groups in total. The van der Waals surface area contributed by atoms with Crippen LogP contribution in [0.3, 0.4) is 0 Å². The highest BCUT2D eigenvalue weighted by molar-refractivity contribution is 5.85. The summed E-state index contributed by atoms with van der Waals surface area (Å²) in [5.74, 6) is -1.13. The second-order valence-electron chi connectivity index (χ2n) is 5.85. The summed E-state index contributed by atoms with van der Waals surface area (Å²) in [4.78, 5) is 22.9. The summed E-state index contributed by atoms with van der Waals surface area (Å²) < 4.78 is 5.20. The predicted octanol–water partition coefficient (Wildman–Crippen LogP) is 2.53. The van der Waals surface area contributed by atoms with Crippen molar-refractivity contribution in [3.8, 4) is 0 Å². The molecular weight excluding hydrogens is 246 g/mol. The fourth-order valence-electron chi connectivity index (χ4n) is 2.20. The highest BCUT2D eigenvalue weighted by Gasteiger charge is 2.74. The number of esters is 1. The van der Waals surface area contributed by atoms with Crippen LogP contribution in [-0.2, 0) is 9.53 Å². The van der Waals surface area contributed by atoms with Gasteiger partial charge in [-0.15, -0.1) is 0 Å². The summed E-state index contributed by atoms with van der Waals surface area (Å²) >= 11 is 0. The first kappa shape index (κ1) is 13.5. The Kier molecular flexibility index (Phi) is 3.08. The van der Waals surface area contributed by atoms with Gasteiger partial charge in [0.25, 0.3) is 0 Å². The molecule has 0 amide bonds. The summed E-state index contributed by atoms with van der Waals surface area (Å²) in [5.41, 5.74) is -1.51. The van der Waals surface area contributed by atoms with Crippen molar-refractivity contribution in [3.05, 3.63) is 46.0 Å². The second-order valence-corrected chi connectivity index (χ2v) is 5.85. The number of nitro groups is 1. The van der Waals surface area contributed by atoms with Crippen molar-refractivity contribution in [1.29, 1.82) is 0 Å². The van der Waals surface area contributed by atoms with E-state index < -0.39 is 28.0 Å². The van der Waals surface area contributed by atoms with Crippen molar-refractivity contribution < 1.29 is 14.5 Å². The Morgan fingerprint density at radius 3 is 2.42 bits per heavy atom. The van der Waals surface area contributed by atoms with E-state index in [0.29, 0.717) is 0 Å². The van der Waals surface area contributed by atoms with Gasteiger partial charge in [0.1, 0.15) is 5.60 Å². The van der Waals surface area contributed by atoms with Crippen LogP contribution >= 0.6 is 0 Å². The second kappa shape index (κ2) is 4.33. The number of hydrogen-bond acceptors (Lipinski definition) is 4. The summed E-state index contributed by atoms with van der Waals surface area (Å²) in [6.45, 7) is 5.12. The van der Waals surface area contributed by atoms with Gasteiger partial charge in [0.15, 0.2) is 0 Å². The van der Waals surface area contributed by atoms with Crippen LogP contribution in [-0.4, -0.2) is 22.0 Å². The molecule has 0 saturated heterocycles. The summed E-state index contributed by atoms with van der Waals surface area (Å²) in [7, 11) is 0. The molecule has 1 aromatic rings. The van der Waals surface area contributed by atoms with Crippen LogP contribution in [0.4, 0.5) is 0 Å². The molecule has 0 aromatic heterocycles. The molecule has 19 heavy (non-hydrogen) atoms. The van der Waals surface area contributed by atoms with Gasteiger partial charge in [-0.2, -0.15) is 0 Å². The van der Waals surface area contributed by atoms with E-state index in [1.54, 1.807) is 32.9 Å². The van der Waals surface area contributed by atoms with Gasteiger partial charge in [0.2, 0.25) is 0 Å². The Balaban J connectivity index is 2.24.